The van der Waals surface area contributed by atoms with Crippen molar-refractivity contribution in [2.75, 3.05) is 0 Å². The van der Waals surface area contributed by atoms with Crippen molar-refractivity contribution in [2.45, 2.75) is 6.85 Å². The van der Waals surface area contributed by atoms with E-state index in [-0.39, 0.29) is 4.47 Å². The van der Waals surface area contributed by atoms with Gasteiger partial charge in [0.05, 0.1) is 13.4 Å². The zero-order valence-electron chi connectivity index (χ0n) is 9.27. The fraction of sp³-hybridized carbons (Fsp3) is 0.167. The Balaban J connectivity index is 3.49. The molecule has 0 unspecified atom stereocenters. The van der Waals surface area contributed by atoms with E-state index >= 15 is 0 Å². The summed E-state index contributed by atoms with van der Waals surface area (Å²) in [5.74, 6) is -0.525. The van der Waals surface area contributed by atoms with Crippen LogP contribution in [0.5, 0.6) is 5.75 Å². The number of halogens is 1. The maximum absolute atomic E-state index is 9.18. The smallest absolute Gasteiger partial charge is 0.148 e. The van der Waals surface area contributed by atoms with Crippen LogP contribution in [0, 0.1) is 6.85 Å². The van der Waals surface area contributed by atoms with Gasteiger partial charge in [0.15, 0.2) is 0 Å². The van der Waals surface area contributed by atoms with E-state index in [9.17, 15) is 5.11 Å². The average Bonchev–Trinajstić information content (AvgIpc) is 2.06. The minimum Gasteiger partial charge on any atom is -0.505 e. The topological polar surface area (TPSA) is 33.1 Å². The lowest BCUT2D eigenvalue weighted by molar-refractivity contribution is 0.469. The molecule has 0 fully saturated rings. The third kappa shape index (κ3) is 1.42. The lowest BCUT2D eigenvalue weighted by atomic mass is 10.4. The molecule has 0 saturated heterocycles. The van der Waals surface area contributed by atoms with Crippen LogP contribution in [0.4, 0.5) is 0 Å². The van der Waals surface area contributed by atoms with E-state index in [1.807, 2.05) is 0 Å². The normalized spacial score (nSPS) is 19.0. The summed E-state index contributed by atoms with van der Waals surface area (Å²) in [4.78, 5) is 3.34. The molecule has 0 spiro atoms. The van der Waals surface area contributed by atoms with Crippen LogP contribution in [-0.2, 0) is 0 Å². The molecule has 9 heavy (non-hydrogen) atoms. The Bertz CT molecular complexity index is 377. The maximum Gasteiger partial charge on any atom is 0.148 e. The van der Waals surface area contributed by atoms with Crippen LogP contribution in [-0.4, -0.2) is 10.1 Å². The molecule has 0 aliphatic heterocycles. The number of aromatic nitrogens is 1. The molecule has 1 N–H and O–H groups in total. The van der Waals surface area contributed by atoms with Crippen molar-refractivity contribution in [1.29, 1.82) is 0 Å². The molecule has 0 saturated carbocycles. The highest BCUT2D eigenvalue weighted by molar-refractivity contribution is 9.10. The summed E-state index contributed by atoms with van der Waals surface area (Å²) in [6, 6.07) is -0.418. The third-order valence-corrected chi connectivity index (χ3v) is 1.28. The maximum atomic E-state index is 9.18. The highest BCUT2D eigenvalue weighted by Crippen LogP contribution is 2.21. The standard InChI is InChI=1S/C6H6BrNO/c1-4-2-5(7)6(9)3-8-4/h2-3,9H,1H3/i1D3,2D,3D. The van der Waals surface area contributed by atoms with Gasteiger partial charge in [0.2, 0.25) is 0 Å². The van der Waals surface area contributed by atoms with Gasteiger partial charge in [-0.25, -0.2) is 0 Å². The zero-order valence-corrected chi connectivity index (χ0v) is 5.86. The first kappa shape index (κ1) is 2.58. The number of hydrogen-bond acceptors (Lipinski definition) is 2. The summed E-state index contributed by atoms with van der Waals surface area (Å²) < 4.78 is 35.5. The molecule has 0 bridgehead atoms. The summed E-state index contributed by atoms with van der Waals surface area (Å²) in [5.41, 5.74) is -0.493. The average molecular weight is 193 g/mol. The monoisotopic (exact) mass is 192 g/mol. The largest absolute Gasteiger partial charge is 0.505 e. The minimum atomic E-state index is -2.55. The van der Waals surface area contributed by atoms with Gasteiger partial charge in [-0.1, -0.05) is 0 Å². The van der Waals surface area contributed by atoms with Crippen molar-refractivity contribution in [3.63, 3.8) is 0 Å². The molecular weight excluding hydrogens is 182 g/mol. The zero-order chi connectivity index (χ0) is 11.1. The highest BCUT2D eigenvalue weighted by Gasteiger charge is 1.95. The summed E-state index contributed by atoms with van der Waals surface area (Å²) in [7, 11) is 0. The van der Waals surface area contributed by atoms with Crippen LogP contribution in [0.2, 0.25) is 0 Å². The summed E-state index contributed by atoms with van der Waals surface area (Å²) in [5, 5.41) is 9.18. The quantitative estimate of drug-likeness (QED) is 0.682. The fourth-order valence-electron chi connectivity index (χ4n) is 0.349. The Morgan fingerprint density at radius 2 is 2.78 bits per heavy atom. The van der Waals surface area contributed by atoms with Crippen LogP contribution in [0.25, 0.3) is 0 Å². The second-order valence-corrected chi connectivity index (χ2v) is 2.15. The number of pyridine rings is 1. The molecule has 0 aliphatic rings. The van der Waals surface area contributed by atoms with E-state index in [4.69, 9.17) is 6.85 Å². The molecule has 1 heterocycles. The van der Waals surface area contributed by atoms with E-state index in [1.54, 1.807) is 0 Å². The summed E-state index contributed by atoms with van der Waals surface area (Å²) in [6.45, 7) is -2.55. The first-order valence-corrected chi connectivity index (χ1v) is 2.90. The molecule has 0 aromatic carbocycles. The first-order valence-electron chi connectivity index (χ1n) is 4.61. The van der Waals surface area contributed by atoms with Crippen molar-refractivity contribution in [1.82, 2.24) is 4.98 Å². The van der Waals surface area contributed by atoms with Crippen LogP contribution in [0.1, 0.15) is 12.5 Å². The van der Waals surface area contributed by atoms with Crippen molar-refractivity contribution >= 4 is 15.9 Å². The number of nitrogens with zero attached hydrogens (tertiary/aromatic N) is 1. The highest BCUT2D eigenvalue weighted by atomic mass is 79.9. The molecule has 48 valence electrons. The molecule has 1 rings (SSSR count). The van der Waals surface area contributed by atoms with E-state index in [0.29, 0.717) is 0 Å². The Hall–Kier alpha value is -0.570. The SMILES string of the molecule is [2H]c1nc(C([2H])([2H])[2H])c([2H])c(Br)c1O. The number of rotatable bonds is 0. The van der Waals surface area contributed by atoms with Gasteiger partial charge in [0.1, 0.15) is 5.75 Å². The van der Waals surface area contributed by atoms with E-state index in [1.165, 1.54) is 0 Å². The van der Waals surface area contributed by atoms with Crippen LogP contribution in [0.3, 0.4) is 0 Å². The van der Waals surface area contributed by atoms with Gasteiger partial charge in [-0.15, -0.1) is 0 Å². The Labute approximate surface area is 68.7 Å². The van der Waals surface area contributed by atoms with Gasteiger partial charge >= 0.3 is 0 Å². The molecule has 2 nitrogen and oxygen atoms in total. The van der Waals surface area contributed by atoms with E-state index in [2.05, 4.69) is 20.9 Å². The van der Waals surface area contributed by atoms with Crippen molar-refractivity contribution in [2.24, 2.45) is 0 Å². The second-order valence-electron chi connectivity index (χ2n) is 1.36. The molecular formula is C6H6BrNO. The Kier molecular flexibility index (Phi) is 0.674. The van der Waals surface area contributed by atoms with Gasteiger partial charge in [0, 0.05) is 9.81 Å². The van der Waals surface area contributed by atoms with Crippen molar-refractivity contribution < 1.29 is 12.0 Å². The van der Waals surface area contributed by atoms with Gasteiger partial charge in [-0.3, -0.25) is 4.98 Å². The molecule has 3 heteroatoms. The number of aryl methyl sites for hydroxylation is 1. The van der Waals surface area contributed by atoms with E-state index in [0.717, 1.165) is 0 Å². The van der Waals surface area contributed by atoms with Gasteiger partial charge in [-0.05, 0) is 28.8 Å². The second kappa shape index (κ2) is 2.35. The lowest BCUT2D eigenvalue weighted by Crippen LogP contribution is -1.78. The summed E-state index contributed by atoms with van der Waals surface area (Å²) >= 11 is 2.83. The molecule has 0 radical (unpaired) electrons. The van der Waals surface area contributed by atoms with Crippen molar-refractivity contribution in [3.05, 3.63) is 22.4 Å². The molecule has 1 aromatic rings. The fourth-order valence-corrected chi connectivity index (χ4v) is 0.625. The lowest BCUT2D eigenvalue weighted by Gasteiger charge is -1.94. The Morgan fingerprint density at radius 1 is 2.00 bits per heavy atom. The van der Waals surface area contributed by atoms with Crippen LogP contribution >= 0.6 is 15.9 Å². The first-order chi connectivity index (χ1) is 6.25. The molecule has 1 aromatic heterocycles. The van der Waals surface area contributed by atoms with E-state index < -0.39 is 30.5 Å². The third-order valence-electron chi connectivity index (χ3n) is 0.710. The number of hydrogen-bond donors (Lipinski definition) is 1. The van der Waals surface area contributed by atoms with Gasteiger partial charge in [-0.2, -0.15) is 0 Å². The van der Waals surface area contributed by atoms with Crippen molar-refractivity contribution in [3.8, 4) is 5.75 Å². The van der Waals surface area contributed by atoms with Crippen LogP contribution < -0.4 is 0 Å². The molecule has 0 amide bonds. The van der Waals surface area contributed by atoms with Crippen LogP contribution in [0.15, 0.2) is 16.7 Å². The van der Waals surface area contributed by atoms with Gasteiger partial charge in [0.25, 0.3) is 0 Å². The predicted octanol–water partition coefficient (Wildman–Crippen LogP) is 1.86. The molecule has 0 aliphatic carbocycles. The minimum absolute atomic E-state index is 0.122. The Morgan fingerprint density at radius 3 is 3.44 bits per heavy atom. The number of aromatic hydroxyl groups is 1. The molecule has 0 atom stereocenters. The predicted molar refractivity (Wildman–Crippen MR) is 38.3 cm³/mol. The van der Waals surface area contributed by atoms with Gasteiger partial charge < -0.3 is 5.11 Å². The summed E-state index contributed by atoms with van der Waals surface area (Å²) in [6.07, 6.45) is -0.556.